The number of imide groups is 1. The second-order valence-corrected chi connectivity index (χ2v) is 10.6. The van der Waals surface area contributed by atoms with Crippen molar-refractivity contribution in [1.29, 1.82) is 0 Å². The van der Waals surface area contributed by atoms with Gasteiger partial charge in [-0.1, -0.05) is 0 Å². The van der Waals surface area contributed by atoms with Gasteiger partial charge in [0.1, 0.15) is 0 Å². The van der Waals surface area contributed by atoms with Gasteiger partial charge < -0.3 is 14.2 Å². The first-order valence-corrected chi connectivity index (χ1v) is 12.8. The number of amides is 2. The number of hydrogen-bond donors (Lipinski definition) is 0. The second kappa shape index (κ2) is 9.30. The number of aryl methyl sites for hydroxylation is 1. The second-order valence-electron chi connectivity index (χ2n) is 8.57. The fourth-order valence-corrected chi connectivity index (χ4v) is 5.61. The van der Waals surface area contributed by atoms with Gasteiger partial charge in [-0.15, -0.1) is 0 Å². The van der Waals surface area contributed by atoms with Crippen molar-refractivity contribution in [3.8, 4) is 0 Å². The lowest BCUT2D eigenvalue weighted by molar-refractivity contribution is -0.0482. The van der Waals surface area contributed by atoms with Crippen LogP contribution in [0.4, 0.5) is 5.69 Å². The predicted octanol–water partition coefficient (Wildman–Crippen LogP) is 2.12. The first kappa shape index (κ1) is 25.0. The molecule has 3 heterocycles. The average Bonchev–Trinajstić information content (AvgIpc) is 3.49. The summed E-state index contributed by atoms with van der Waals surface area (Å²) in [6.45, 7) is 2.40. The maximum Gasteiger partial charge on any atom is 0.337 e. The van der Waals surface area contributed by atoms with Crippen molar-refractivity contribution in [2.75, 3.05) is 38.8 Å². The Morgan fingerprint density at radius 2 is 1.73 bits per heavy atom. The number of likely N-dealkylation sites (N-methyl/N-ethyl adjacent to an activating group) is 1. The molecule has 1 aromatic heterocycles. The molecule has 2 aliphatic heterocycles. The molecule has 2 amide bonds. The summed E-state index contributed by atoms with van der Waals surface area (Å²) in [7, 11) is -1.30. The van der Waals surface area contributed by atoms with E-state index in [1.807, 2.05) is 0 Å². The molecule has 37 heavy (non-hydrogen) atoms. The highest BCUT2D eigenvalue weighted by molar-refractivity contribution is 7.89. The molecule has 0 N–H and O–H groups in total. The number of ether oxygens (including phenoxy) is 3. The number of carbonyl (C=O) groups is 3. The van der Waals surface area contributed by atoms with Gasteiger partial charge in [0.05, 0.1) is 65.4 Å². The fraction of sp³-hybridized carbons (Fsp3) is 0.280. The van der Waals surface area contributed by atoms with Crippen LogP contribution >= 0.6 is 0 Å². The summed E-state index contributed by atoms with van der Waals surface area (Å²) in [5, 5.41) is 0.246. The minimum atomic E-state index is -3.97. The number of fused-ring (bicyclic) bond motifs is 3. The molecule has 0 saturated carbocycles. The van der Waals surface area contributed by atoms with Gasteiger partial charge in [0, 0.05) is 12.4 Å². The Bertz CT molecular complexity index is 1550. The van der Waals surface area contributed by atoms with Crippen molar-refractivity contribution in [1.82, 2.24) is 9.29 Å². The number of pyridine rings is 1. The van der Waals surface area contributed by atoms with Crippen LogP contribution in [-0.2, 0) is 24.2 Å². The van der Waals surface area contributed by atoms with E-state index < -0.39 is 34.1 Å². The van der Waals surface area contributed by atoms with Gasteiger partial charge in [-0.3, -0.25) is 14.6 Å². The van der Waals surface area contributed by atoms with Crippen LogP contribution in [0.3, 0.4) is 0 Å². The summed E-state index contributed by atoms with van der Waals surface area (Å²) in [5.74, 6) is -1.75. The van der Waals surface area contributed by atoms with Gasteiger partial charge in [-0.2, -0.15) is 4.31 Å². The van der Waals surface area contributed by atoms with Crippen molar-refractivity contribution in [3.63, 3.8) is 0 Å². The number of carbonyl (C=O) groups excluding carboxylic acids is 3. The Balaban J connectivity index is 1.55. The van der Waals surface area contributed by atoms with Crippen molar-refractivity contribution >= 4 is 44.4 Å². The van der Waals surface area contributed by atoms with E-state index in [-0.39, 0.29) is 39.2 Å². The number of rotatable bonds is 6. The standard InChI is InChI=1S/C25H23N3O8S/c1-14-21-22(24(30)28(23(21)29)16-6-4-15(5-7-16)25(31)34-3)18-12-17(8-9-19(18)26-14)37(32,33)27(2)13-20-35-10-11-36-20/h4-9,12,20H,10-11,13H2,1-3H3. The van der Waals surface area contributed by atoms with Crippen LogP contribution in [0.1, 0.15) is 36.8 Å². The zero-order valence-electron chi connectivity index (χ0n) is 20.3. The zero-order chi connectivity index (χ0) is 26.5. The molecule has 0 bridgehead atoms. The van der Waals surface area contributed by atoms with Crippen LogP contribution in [0.2, 0.25) is 0 Å². The Hall–Kier alpha value is -3.71. The molecule has 192 valence electrons. The summed E-state index contributed by atoms with van der Waals surface area (Å²) in [6, 6.07) is 10.1. The molecule has 0 spiro atoms. The third kappa shape index (κ3) is 4.17. The molecular weight excluding hydrogens is 502 g/mol. The van der Waals surface area contributed by atoms with E-state index >= 15 is 0 Å². The first-order valence-electron chi connectivity index (χ1n) is 11.3. The monoisotopic (exact) mass is 525 g/mol. The number of methoxy groups -OCH3 is 1. The minimum absolute atomic E-state index is 0.00259. The van der Waals surface area contributed by atoms with Crippen LogP contribution in [0.15, 0.2) is 47.4 Å². The summed E-state index contributed by atoms with van der Waals surface area (Å²) in [6.07, 6.45) is -0.660. The number of benzene rings is 2. The Morgan fingerprint density at radius 1 is 1.08 bits per heavy atom. The molecule has 0 atom stereocenters. The maximum atomic E-state index is 13.6. The number of esters is 1. The number of nitrogens with zero attached hydrogens (tertiary/aromatic N) is 3. The quantitative estimate of drug-likeness (QED) is 0.351. The van der Waals surface area contributed by atoms with Crippen molar-refractivity contribution in [2.24, 2.45) is 0 Å². The molecule has 0 radical (unpaired) electrons. The molecule has 1 fully saturated rings. The highest BCUT2D eigenvalue weighted by Crippen LogP contribution is 2.35. The summed E-state index contributed by atoms with van der Waals surface area (Å²) < 4.78 is 43.1. The van der Waals surface area contributed by atoms with Gasteiger partial charge in [0.15, 0.2) is 6.29 Å². The number of hydrogen-bond acceptors (Lipinski definition) is 9. The van der Waals surface area contributed by atoms with Crippen LogP contribution in [0.5, 0.6) is 0 Å². The molecule has 2 aromatic carbocycles. The van der Waals surface area contributed by atoms with Gasteiger partial charge >= 0.3 is 5.97 Å². The Morgan fingerprint density at radius 3 is 2.38 bits per heavy atom. The molecule has 12 heteroatoms. The molecule has 0 unspecified atom stereocenters. The number of anilines is 1. The zero-order valence-corrected chi connectivity index (χ0v) is 21.1. The normalized spacial score (nSPS) is 16.2. The molecule has 2 aliphatic rings. The van der Waals surface area contributed by atoms with E-state index in [2.05, 4.69) is 9.72 Å². The average molecular weight is 526 g/mol. The van der Waals surface area contributed by atoms with Crippen LogP contribution in [0, 0.1) is 6.92 Å². The predicted molar refractivity (Wildman–Crippen MR) is 131 cm³/mol. The third-order valence-corrected chi connectivity index (χ3v) is 8.14. The molecule has 3 aromatic rings. The highest BCUT2D eigenvalue weighted by Gasteiger charge is 2.40. The third-order valence-electron chi connectivity index (χ3n) is 6.32. The van der Waals surface area contributed by atoms with Crippen LogP contribution in [0.25, 0.3) is 10.9 Å². The summed E-state index contributed by atoms with van der Waals surface area (Å²) >= 11 is 0. The van der Waals surface area contributed by atoms with E-state index in [1.54, 1.807) is 6.92 Å². The van der Waals surface area contributed by atoms with E-state index in [1.165, 1.54) is 56.6 Å². The van der Waals surface area contributed by atoms with Crippen LogP contribution in [-0.4, -0.2) is 75.7 Å². The smallest absolute Gasteiger partial charge is 0.337 e. The molecular formula is C25H23N3O8S. The van der Waals surface area contributed by atoms with Crippen molar-refractivity contribution in [3.05, 3.63) is 64.8 Å². The Labute approximate surface area is 212 Å². The van der Waals surface area contributed by atoms with Crippen molar-refractivity contribution in [2.45, 2.75) is 18.1 Å². The van der Waals surface area contributed by atoms with E-state index in [0.29, 0.717) is 24.4 Å². The van der Waals surface area contributed by atoms with E-state index in [9.17, 15) is 22.8 Å². The molecule has 1 saturated heterocycles. The molecule has 11 nitrogen and oxygen atoms in total. The topological polar surface area (TPSA) is 132 Å². The first-order chi connectivity index (χ1) is 17.6. The van der Waals surface area contributed by atoms with Gasteiger partial charge in [-0.05, 0) is 49.4 Å². The van der Waals surface area contributed by atoms with Crippen LogP contribution < -0.4 is 4.90 Å². The van der Waals surface area contributed by atoms with Crippen molar-refractivity contribution < 1.29 is 37.0 Å². The summed E-state index contributed by atoms with van der Waals surface area (Å²) in [5.41, 5.74) is 1.42. The lowest BCUT2D eigenvalue weighted by atomic mass is 10.0. The number of aromatic nitrogens is 1. The fourth-order valence-electron chi connectivity index (χ4n) is 4.42. The lowest BCUT2D eigenvalue weighted by Gasteiger charge is -2.20. The largest absolute Gasteiger partial charge is 0.465 e. The van der Waals surface area contributed by atoms with Gasteiger partial charge in [0.25, 0.3) is 11.8 Å². The number of sulfonamides is 1. The summed E-state index contributed by atoms with van der Waals surface area (Å²) in [4.78, 5) is 44.1. The lowest BCUT2D eigenvalue weighted by Crippen LogP contribution is -2.34. The van der Waals surface area contributed by atoms with E-state index in [4.69, 9.17) is 9.47 Å². The van der Waals surface area contributed by atoms with Gasteiger partial charge in [-0.25, -0.2) is 18.1 Å². The molecule has 5 rings (SSSR count). The Kier molecular flexibility index (Phi) is 6.28. The minimum Gasteiger partial charge on any atom is -0.465 e. The van der Waals surface area contributed by atoms with Gasteiger partial charge in [0.2, 0.25) is 10.0 Å². The molecule has 0 aliphatic carbocycles. The maximum absolute atomic E-state index is 13.6. The van der Waals surface area contributed by atoms with E-state index in [0.717, 1.165) is 9.21 Å². The highest BCUT2D eigenvalue weighted by atomic mass is 32.2. The SMILES string of the molecule is COC(=O)c1ccc(N2C(=O)c3c(C)nc4ccc(S(=O)(=O)N(C)CC5OCCO5)cc4c3C2=O)cc1.